The molecule has 0 unspecified atom stereocenters. The molecule has 2 aliphatic carbocycles. The lowest BCUT2D eigenvalue weighted by atomic mass is 9.67. The van der Waals surface area contributed by atoms with E-state index in [1.54, 1.807) is 6.20 Å². The van der Waals surface area contributed by atoms with Crippen LogP contribution in [0.5, 0.6) is 0 Å². The first kappa shape index (κ1) is 18.1. The van der Waals surface area contributed by atoms with Gasteiger partial charge in [0.15, 0.2) is 5.69 Å². The van der Waals surface area contributed by atoms with Gasteiger partial charge in [-0.2, -0.15) is 5.10 Å². The van der Waals surface area contributed by atoms with Gasteiger partial charge in [-0.3, -0.25) is 4.79 Å². The van der Waals surface area contributed by atoms with Gasteiger partial charge < -0.3 is 10.6 Å². The van der Waals surface area contributed by atoms with Crippen molar-refractivity contribution >= 4 is 17.5 Å². The van der Waals surface area contributed by atoms with Gasteiger partial charge in [-0.15, -0.1) is 5.10 Å². The summed E-state index contributed by atoms with van der Waals surface area (Å²) in [5, 5.41) is 8.94. The molecule has 6 heteroatoms. The van der Waals surface area contributed by atoms with Crippen molar-refractivity contribution in [3.63, 3.8) is 0 Å². The molecule has 3 aliphatic rings. The van der Waals surface area contributed by atoms with Gasteiger partial charge in [0.25, 0.3) is 5.91 Å². The summed E-state index contributed by atoms with van der Waals surface area (Å²) in [5.74, 6) is 0.0497. The number of benzene rings is 1. The summed E-state index contributed by atoms with van der Waals surface area (Å²) in [4.78, 5) is 15.2. The summed E-state index contributed by atoms with van der Waals surface area (Å²) in [6, 6.07) is 10.3. The first-order valence-electron chi connectivity index (χ1n) is 10.2. The van der Waals surface area contributed by atoms with Crippen molar-refractivity contribution in [2.24, 2.45) is 5.73 Å². The molecule has 2 heterocycles. The maximum absolute atomic E-state index is 13.2. The molecule has 1 aliphatic heterocycles. The van der Waals surface area contributed by atoms with Gasteiger partial charge in [-0.25, -0.2) is 0 Å². The second kappa shape index (κ2) is 6.53. The summed E-state index contributed by atoms with van der Waals surface area (Å²) in [5.41, 5.74) is 9.21. The summed E-state index contributed by atoms with van der Waals surface area (Å²) >= 11 is 6.23. The number of fused-ring (bicyclic) bond motifs is 2. The van der Waals surface area contributed by atoms with Crippen LogP contribution in [0.25, 0.3) is 0 Å². The summed E-state index contributed by atoms with van der Waals surface area (Å²) in [7, 11) is 0. The summed E-state index contributed by atoms with van der Waals surface area (Å²) in [6.45, 7) is 1.42. The second-order valence-corrected chi connectivity index (χ2v) is 9.17. The van der Waals surface area contributed by atoms with Crippen LogP contribution in [0.3, 0.4) is 0 Å². The summed E-state index contributed by atoms with van der Waals surface area (Å²) < 4.78 is 0. The van der Waals surface area contributed by atoms with Gasteiger partial charge in [0.1, 0.15) is 0 Å². The highest BCUT2D eigenvalue weighted by Crippen LogP contribution is 2.53. The Morgan fingerprint density at radius 2 is 1.96 bits per heavy atom. The number of rotatable bonds is 3. The molecule has 2 fully saturated rings. The minimum Gasteiger partial charge on any atom is -0.333 e. The Balaban J connectivity index is 1.38. The van der Waals surface area contributed by atoms with E-state index >= 15 is 0 Å². The molecule has 1 aromatic carbocycles. The first-order valence-corrected chi connectivity index (χ1v) is 10.5. The average molecular weight is 397 g/mol. The molecule has 5 nitrogen and oxygen atoms in total. The number of nitrogens with two attached hydrogens (primary N) is 1. The zero-order chi connectivity index (χ0) is 19.4. The minimum atomic E-state index is -0.0464. The number of carbonyl (C=O) groups is 1. The smallest absolute Gasteiger partial charge is 0.274 e. The van der Waals surface area contributed by atoms with Crippen LogP contribution in [0.4, 0.5) is 0 Å². The lowest BCUT2D eigenvalue weighted by molar-refractivity contribution is 0.0525. The number of hydrogen-bond acceptors (Lipinski definition) is 4. The maximum Gasteiger partial charge on any atom is 0.274 e. The van der Waals surface area contributed by atoms with Crippen LogP contribution in [-0.4, -0.2) is 40.1 Å². The summed E-state index contributed by atoms with van der Waals surface area (Å²) in [6.07, 6.45) is 7.84. The molecule has 0 radical (unpaired) electrons. The highest BCUT2D eigenvalue weighted by Gasteiger charge is 2.54. The van der Waals surface area contributed by atoms with E-state index in [0.29, 0.717) is 12.2 Å². The zero-order valence-corrected chi connectivity index (χ0v) is 16.7. The predicted octanol–water partition coefficient (Wildman–Crippen LogP) is 3.46. The van der Waals surface area contributed by atoms with Gasteiger partial charge in [0.2, 0.25) is 0 Å². The SMILES string of the molecule is NCC1(c2cccc(Cl)c2)CCC(N2CC3(CC3)c3ccnnc3C2=O)CC1. The van der Waals surface area contributed by atoms with Crippen LogP contribution in [0.15, 0.2) is 36.5 Å². The molecule has 28 heavy (non-hydrogen) atoms. The van der Waals surface area contributed by atoms with Crippen LogP contribution < -0.4 is 5.73 Å². The van der Waals surface area contributed by atoms with Gasteiger partial charge in [0, 0.05) is 41.2 Å². The van der Waals surface area contributed by atoms with Gasteiger partial charge in [-0.1, -0.05) is 23.7 Å². The quantitative estimate of drug-likeness (QED) is 0.862. The maximum atomic E-state index is 13.2. The van der Waals surface area contributed by atoms with E-state index in [1.165, 1.54) is 5.56 Å². The molecule has 0 bridgehead atoms. The van der Waals surface area contributed by atoms with E-state index in [4.69, 9.17) is 17.3 Å². The van der Waals surface area contributed by atoms with E-state index in [9.17, 15) is 4.79 Å². The fourth-order valence-electron chi connectivity index (χ4n) is 5.31. The van der Waals surface area contributed by atoms with Crippen LogP contribution in [0, 0.1) is 0 Å². The molecule has 2 saturated carbocycles. The molecule has 2 aromatic rings. The number of carbonyl (C=O) groups excluding carboxylic acids is 1. The van der Waals surface area contributed by atoms with E-state index in [1.807, 2.05) is 24.3 Å². The number of amides is 1. The monoisotopic (exact) mass is 396 g/mol. The van der Waals surface area contributed by atoms with Crippen molar-refractivity contribution in [2.75, 3.05) is 13.1 Å². The third-order valence-electron chi connectivity index (χ3n) is 7.26. The molecule has 2 N–H and O–H groups in total. The Bertz CT molecular complexity index is 918. The Hall–Kier alpha value is -1.98. The Morgan fingerprint density at radius 1 is 1.18 bits per heavy atom. The van der Waals surface area contributed by atoms with Crippen LogP contribution in [-0.2, 0) is 10.8 Å². The van der Waals surface area contributed by atoms with Crippen LogP contribution >= 0.6 is 11.6 Å². The largest absolute Gasteiger partial charge is 0.333 e. The first-order chi connectivity index (χ1) is 13.6. The number of hydrogen-bond donors (Lipinski definition) is 1. The van der Waals surface area contributed by atoms with Gasteiger partial charge in [-0.05, 0) is 67.9 Å². The molecular weight excluding hydrogens is 372 g/mol. The Kier molecular flexibility index (Phi) is 4.21. The van der Waals surface area contributed by atoms with Crippen LogP contribution in [0.2, 0.25) is 5.02 Å². The van der Waals surface area contributed by atoms with Crippen molar-refractivity contribution in [3.05, 3.63) is 58.4 Å². The van der Waals surface area contributed by atoms with E-state index in [-0.39, 0.29) is 22.8 Å². The van der Waals surface area contributed by atoms with Crippen LogP contribution in [0.1, 0.15) is 60.1 Å². The molecule has 0 saturated heterocycles. The van der Waals surface area contributed by atoms with E-state index < -0.39 is 0 Å². The third-order valence-corrected chi connectivity index (χ3v) is 7.50. The standard InChI is InChI=1S/C22H25ClN4O/c23-16-3-1-2-15(12-16)21(13-24)7-4-17(5-8-21)27-14-22(9-10-22)18-6-11-25-26-19(18)20(27)28/h1-3,6,11-12,17H,4-5,7-10,13-14,24H2. The van der Waals surface area contributed by atoms with E-state index in [0.717, 1.165) is 55.7 Å². The molecule has 1 spiro atoms. The lowest BCUT2D eigenvalue weighted by Gasteiger charge is -2.45. The molecule has 1 amide bonds. The van der Waals surface area contributed by atoms with Crippen molar-refractivity contribution in [2.45, 2.75) is 55.4 Å². The lowest BCUT2D eigenvalue weighted by Crippen LogP contribution is -2.52. The Morgan fingerprint density at radius 3 is 2.64 bits per heavy atom. The number of aromatic nitrogens is 2. The molecule has 0 atom stereocenters. The topological polar surface area (TPSA) is 72.1 Å². The van der Waals surface area contributed by atoms with Crippen molar-refractivity contribution in [1.82, 2.24) is 15.1 Å². The highest BCUT2D eigenvalue weighted by atomic mass is 35.5. The van der Waals surface area contributed by atoms with Crippen molar-refractivity contribution in [1.29, 1.82) is 0 Å². The second-order valence-electron chi connectivity index (χ2n) is 8.73. The Labute approximate surface area is 170 Å². The van der Waals surface area contributed by atoms with Gasteiger partial charge in [0.05, 0.1) is 0 Å². The zero-order valence-electron chi connectivity index (χ0n) is 15.9. The van der Waals surface area contributed by atoms with E-state index in [2.05, 4.69) is 21.2 Å². The molecule has 5 rings (SSSR count). The average Bonchev–Trinajstić information content (AvgIpc) is 3.51. The fraction of sp³-hybridized carbons (Fsp3) is 0.500. The van der Waals surface area contributed by atoms with Gasteiger partial charge >= 0.3 is 0 Å². The van der Waals surface area contributed by atoms with Crippen molar-refractivity contribution in [3.8, 4) is 0 Å². The molecule has 1 aromatic heterocycles. The molecular formula is C22H25ClN4O. The molecule has 146 valence electrons. The van der Waals surface area contributed by atoms with Crippen molar-refractivity contribution < 1.29 is 4.79 Å². The highest BCUT2D eigenvalue weighted by molar-refractivity contribution is 6.30. The minimum absolute atomic E-state index is 0.0464. The number of nitrogens with zero attached hydrogens (tertiary/aromatic N) is 3. The fourth-order valence-corrected chi connectivity index (χ4v) is 5.50. The predicted molar refractivity (Wildman–Crippen MR) is 108 cm³/mol. The third kappa shape index (κ3) is 2.75. The number of halogens is 1. The normalized spacial score (nSPS) is 28.3.